The normalized spacial score (nSPS) is 11.1. The van der Waals surface area contributed by atoms with E-state index in [0.29, 0.717) is 28.6 Å². The summed E-state index contributed by atoms with van der Waals surface area (Å²) in [5.41, 5.74) is 0.985. The molecule has 8 heteroatoms. The maximum atomic E-state index is 12.1. The van der Waals surface area contributed by atoms with Crippen molar-refractivity contribution in [3.05, 3.63) is 22.7 Å². The molecule has 124 valence electrons. The highest BCUT2D eigenvalue weighted by molar-refractivity contribution is 7.92. The lowest BCUT2D eigenvalue weighted by molar-refractivity contribution is -0.119. The molecule has 0 aliphatic heterocycles. The number of halogens is 1. The van der Waals surface area contributed by atoms with E-state index >= 15 is 0 Å². The van der Waals surface area contributed by atoms with Gasteiger partial charge in [-0.05, 0) is 25.0 Å². The number of aryl methyl sites for hydroxylation is 1. The van der Waals surface area contributed by atoms with E-state index in [1.807, 2.05) is 6.92 Å². The third kappa shape index (κ3) is 4.78. The van der Waals surface area contributed by atoms with E-state index in [1.165, 1.54) is 13.2 Å². The molecule has 0 saturated heterocycles. The van der Waals surface area contributed by atoms with Crippen LogP contribution in [0.15, 0.2) is 12.1 Å². The molecule has 0 unspecified atom stereocenters. The molecular weight excluding hydrogens is 328 g/mol. The average molecular weight is 349 g/mol. The molecular formula is C14H21ClN2O4S. The van der Waals surface area contributed by atoms with Gasteiger partial charge in [-0.3, -0.25) is 9.10 Å². The molecule has 1 N–H and O–H groups in total. The van der Waals surface area contributed by atoms with E-state index in [-0.39, 0.29) is 12.5 Å². The quantitative estimate of drug-likeness (QED) is 0.817. The van der Waals surface area contributed by atoms with Crippen LogP contribution in [0.5, 0.6) is 5.75 Å². The molecule has 0 bridgehead atoms. The molecule has 1 aromatic rings. The first-order chi connectivity index (χ1) is 10.2. The monoisotopic (exact) mass is 348 g/mol. The van der Waals surface area contributed by atoms with Crippen molar-refractivity contribution < 1.29 is 17.9 Å². The number of hydrogen-bond acceptors (Lipinski definition) is 4. The fourth-order valence-electron chi connectivity index (χ4n) is 1.84. The van der Waals surface area contributed by atoms with Crippen LogP contribution in [0.1, 0.15) is 18.9 Å². The predicted octanol–water partition coefficient (Wildman–Crippen LogP) is 1.95. The van der Waals surface area contributed by atoms with Crippen molar-refractivity contribution >= 4 is 33.2 Å². The van der Waals surface area contributed by atoms with Gasteiger partial charge in [-0.15, -0.1) is 0 Å². The molecule has 0 atom stereocenters. The van der Waals surface area contributed by atoms with Crippen LogP contribution >= 0.6 is 11.6 Å². The minimum Gasteiger partial charge on any atom is -0.494 e. The number of amides is 1. The molecule has 6 nitrogen and oxygen atoms in total. The zero-order valence-electron chi connectivity index (χ0n) is 13.1. The largest absolute Gasteiger partial charge is 0.494 e. The van der Waals surface area contributed by atoms with Crippen molar-refractivity contribution in [2.75, 3.05) is 30.8 Å². The Bertz CT molecular complexity index is 646. The fourth-order valence-corrected chi connectivity index (χ4v) is 2.84. The Balaban J connectivity index is 3.24. The third-order valence-corrected chi connectivity index (χ3v) is 4.52. The minimum absolute atomic E-state index is 0.290. The lowest BCUT2D eigenvalue weighted by Gasteiger charge is -2.24. The Morgan fingerprint density at radius 1 is 1.41 bits per heavy atom. The highest BCUT2D eigenvalue weighted by atomic mass is 35.5. The molecule has 0 aromatic heterocycles. The summed E-state index contributed by atoms with van der Waals surface area (Å²) >= 11 is 6.03. The topological polar surface area (TPSA) is 75.7 Å². The van der Waals surface area contributed by atoms with Crippen molar-refractivity contribution in [1.82, 2.24) is 5.32 Å². The second-order valence-electron chi connectivity index (χ2n) is 4.89. The van der Waals surface area contributed by atoms with Crippen LogP contribution in [0.25, 0.3) is 0 Å². The summed E-state index contributed by atoms with van der Waals surface area (Å²) in [6.07, 6.45) is 1.82. The zero-order chi connectivity index (χ0) is 16.9. The standard InChI is InChI=1S/C14H21ClN2O4S/c1-5-6-16-14(18)9-17(22(4,19)20)12-7-10(2)11(15)8-13(12)21-3/h7-8H,5-6,9H2,1-4H3,(H,16,18). The van der Waals surface area contributed by atoms with Gasteiger partial charge < -0.3 is 10.1 Å². The first-order valence-corrected chi connectivity index (χ1v) is 9.01. The molecule has 0 saturated carbocycles. The van der Waals surface area contributed by atoms with E-state index in [9.17, 15) is 13.2 Å². The molecule has 0 spiro atoms. The minimum atomic E-state index is -3.65. The number of anilines is 1. The number of hydrogen-bond donors (Lipinski definition) is 1. The smallest absolute Gasteiger partial charge is 0.240 e. The Kier molecular flexibility index (Phi) is 6.49. The Labute approximate surface area is 136 Å². The number of benzene rings is 1. The number of sulfonamides is 1. The van der Waals surface area contributed by atoms with Crippen LogP contribution in [-0.2, 0) is 14.8 Å². The highest BCUT2D eigenvalue weighted by Crippen LogP contribution is 2.34. The van der Waals surface area contributed by atoms with E-state index < -0.39 is 10.0 Å². The number of nitrogens with one attached hydrogen (secondary N) is 1. The van der Waals surface area contributed by atoms with E-state index in [4.69, 9.17) is 16.3 Å². The van der Waals surface area contributed by atoms with Crippen LogP contribution in [0.2, 0.25) is 5.02 Å². The number of rotatable bonds is 7. The first-order valence-electron chi connectivity index (χ1n) is 6.79. The molecule has 0 aliphatic rings. The lowest BCUT2D eigenvalue weighted by Crippen LogP contribution is -2.40. The van der Waals surface area contributed by atoms with Crippen LogP contribution < -0.4 is 14.4 Å². The molecule has 22 heavy (non-hydrogen) atoms. The van der Waals surface area contributed by atoms with E-state index in [0.717, 1.165) is 17.0 Å². The van der Waals surface area contributed by atoms with Crippen molar-refractivity contribution in [1.29, 1.82) is 0 Å². The second kappa shape index (κ2) is 7.69. The predicted molar refractivity (Wildman–Crippen MR) is 88.2 cm³/mol. The molecule has 1 aromatic carbocycles. The van der Waals surface area contributed by atoms with Gasteiger partial charge in [-0.2, -0.15) is 0 Å². The SMILES string of the molecule is CCCNC(=O)CN(c1cc(C)c(Cl)cc1OC)S(C)(=O)=O. The van der Waals surface area contributed by atoms with Crippen LogP contribution in [-0.4, -0.2) is 40.8 Å². The molecule has 1 rings (SSSR count). The van der Waals surface area contributed by atoms with Crippen LogP contribution in [0, 0.1) is 6.92 Å². The summed E-state index contributed by atoms with van der Waals surface area (Å²) in [6, 6.07) is 3.13. The van der Waals surface area contributed by atoms with Crippen LogP contribution in [0.3, 0.4) is 0 Å². The summed E-state index contributed by atoms with van der Waals surface area (Å²) in [5.74, 6) is -0.0775. The molecule has 0 heterocycles. The summed E-state index contributed by atoms with van der Waals surface area (Å²) in [4.78, 5) is 11.9. The Hall–Kier alpha value is -1.47. The summed E-state index contributed by atoms with van der Waals surface area (Å²) in [5, 5.41) is 3.12. The van der Waals surface area contributed by atoms with Gasteiger partial charge >= 0.3 is 0 Å². The highest BCUT2D eigenvalue weighted by Gasteiger charge is 2.24. The Morgan fingerprint density at radius 3 is 2.55 bits per heavy atom. The van der Waals surface area contributed by atoms with Gasteiger partial charge in [0.15, 0.2) is 0 Å². The summed E-state index contributed by atoms with van der Waals surface area (Å²) in [7, 11) is -2.23. The zero-order valence-corrected chi connectivity index (χ0v) is 14.7. The van der Waals surface area contributed by atoms with Gasteiger partial charge in [0.05, 0.1) is 19.1 Å². The second-order valence-corrected chi connectivity index (χ2v) is 7.21. The molecule has 0 fully saturated rings. The van der Waals surface area contributed by atoms with E-state index in [1.54, 1.807) is 13.0 Å². The van der Waals surface area contributed by atoms with Gasteiger partial charge in [-0.1, -0.05) is 18.5 Å². The fraction of sp³-hybridized carbons (Fsp3) is 0.500. The van der Waals surface area contributed by atoms with Crippen molar-refractivity contribution in [2.45, 2.75) is 20.3 Å². The molecule has 0 aliphatic carbocycles. The van der Waals surface area contributed by atoms with Crippen molar-refractivity contribution in [3.8, 4) is 5.75 Å². The summed E-state index contributed by atoms with van der Waals surface area (Å²) < 4.78 is 30.3. The number of methoxy groups -OCH3 is 1. The molecule has 0 radical (unpaired) electrons. The van der Waals surface area contributed by atoms with Gasteiger partial charge in [0, 0.05) is 17.6 Å². The Morgan fingerprint density at radius 2 is 2.05 bits per heavy atom. The third-order valence-electron chi connectivity index (χ3n) is 2.99. The number of ether oxygens (including phenoxy) is 1. The average Bonchev–Trinajstić information content (AvgIpc) is 2.44. The van der Waals surface area contributed by atoms with Gasteiger partial charge in [-0.25, -0.2) is 8.42 Å². The number of nitrogens with zero attached hydrogens (tertiary/aromatic N) is 1. The maximum Gasteiger partial charge on any atom is 0.240 e. The van der Waals surface area contributed by atoms with Crippen molar-refractivity contribution in [2.24, 2.45) is 0 Å². The molecule has 1 amide bonds. The van der Waals surface area contributed by atoms with Crippen LogP contribution in [0.4, 0.5) is 5.69 Å². The van der Waals surface area contributed by atoms with Crippen molar-refractivity contribution in [3.63, 3.8) is 0 Å². The first kappa shape index (κ1) is 18.6. The van der Waals surface area contributed by atoms with Gasteiger partial charge in [0.1, 0.15) is 12.3 Å². The lowest BCUT2D eigenvalue weighted by atomic mass is 10.2. The summed E-state index contributed by atoms with van der Waals surface area (Å²) in [6.45, 7) is 3.85. The van der Waals surface area contributed by atoms with Gasteiger partial charge in [0.2, 0.25) is 15.9 Å². The number of carbonyl (C=O) groups is 1. The maximum absolute atomic E-state index is 12.1. The van der Waals surface area contributed by atoms with Gasteiger partial charge in [0.25, 0.3) is 0 Å². The van der Waals surface area contributed by atoms with E-state index in [2.05, 4.69) is 5.32 Å². The number of carbonyl (C=O) groups excluding carboxylic acids is 1.